The van der Waals surface area contributed by atoms with Crippen molar-refractivity contribution in [3.63, 3.8) is 0 Å². The Labute approximate surface area is 118 Å². The van der Waals surface area contributed by atoms with E-state index in [-0.39, 0.29) is 6.04 Å². The molecule has 1 aromatic rings. The van der Waals surface area contributed by atoms with Crippen molar-refractivity contribution < 1.29 is 4.21 Å². The van der Waals surface area contributed by atoms with Gasteiger partial charge in [-0.1, -0.05) is 6.92 Å². The summed E-state index contributed by atoms with van der Waals surface area (Å²) >= 11 is 0. The summed E-state index contributed by atoms with van der Waals surface area (Å²) in [6, 6.07) is 0.243. The van der Waals surface area contributed by atoms with Gasteiger partial charge in [0.2, 0.25) is 0 Å². The van der Waals surface area contributed by atoms with Gasteiger partial charge in [-0.2, -0.15) is 0 Å². The minimum atomic E-state index is -0.747. The van der Waals surface area contributed by atoms with Crippen molar-refractivity contribution in [2.24, 2.45) is 0 Å². The summed E-state index contributed by atoms with van der Waals surface area (Å²) < 4.78 is 11.1. The maximum atomic E-state index is 11.1. The van der Waals surface area contributed by atoms with Gasteiger partial charge in [0.05, 0.1) is 0 Å². The summed E-state index contributed by atoms with van der Waals surface area (Å²) in [5, 5.41) is 6.48. The standard InChI is InChI=1S/C13H24N4OS/c1-6-11-16-12(14-4)10(3)13(17-11)15-9(2)7-8-19(5)18/h9H,6-8H2,1-5H3,(H2,14,15,16,17). The Balaban J connectivity index is 2.84. The van der Waals surface area contributed by atoms with Crippen LogP contribution in [0.2, 0.25) is 0 Å². The molecule has 0 saturated heterocycles. The molecule has 1 rings (SSSR count). The van der Waals surface area contributed by atoms with Gasteiger partial charge in [0, 0.05) is 47.9 Å². The Bertz CT molecular complexity index is 451. The Kier molecular flexibility index (Phi) is 6.21. The molecule has 0 aliphatic rings. The van der Waals surface area contributed by atoms with E-state index in [9.17, 15) is 4.21 Å². The van der Waals surface area contributed by atoms with Crippen LogP contribution in [0.1, 0.15) is 31.7 Å². The maximum Gasteiger partial charge on any atom is 0.134 e. The smallest absolute Gasteiger partial charge is 0.134 e. The van der Waals surface area contributed by atoms with E-state index in [2.05, 4.69) is 27.5 Å². The fraction of sp³-hybridized carbons (Fsp3) is 0.692. The molecule has 5 nitrogen and oxygen atoms in total. The van der Waals surface area contributed by atoms with Gasteiger partial charge in [0.15, 0.2) is 0 Å². The Morgan fingerprint density at radius 3 is 2.47 bits per heavy atom. The molecule has 1 heterocycles. The van der Waals surface area contributed by atoms with E-state index in [1.807, 2.05) is 20.9 Å². The number of hydrogen-bond donors (Lipinski definition) is 2. The number of aromatic nitrogens is 2. The van der Waals surface area contributed by atoms with Crippen LogP contribution >= 0.6 is 0 Å². The molecule has 2 atom stereocenters. The van der Waals surface area contributed by atoms with Crippen LogP contribution in [-0.2, 0) is 17.2 Å². The van der Waals surface area contributed by atoms with Crippen LogP contribution < -0.4 is 10.6 Å². The topological polar surface area (TPSA) is 66.9 Å². The molecule has 2 unspecified atom stereocenters. The van der Waals surface area contributed by atoms with Crippen LogP contribution in [0, 0.1) is 6.92 Å². The third-order valence-electron chi connectivity index (χ3n) is 2.97. The van der Waals surface area contributed by atoms with E-state index in [4.69, 9.17) is 0 Å². The van der Waals surface area contributed by atoms with Crippen LogP contribution in [0.15, 0.2) is 0 Å². The number of aryl methyl sites for hydroxylation is 1. The fourth-order valence-corrected chi connectivity index (χ4v) is 2.44. The van der Waals surface area contributed by atoms with Crippen LogP contribution in [0.4, 0.5) is 11.6 Å². The van der Waals surface area contributed by atoms with Crippen molar-refractivity contribution in [2.75, 3.05) is 29.7 Å². The van der Waals surface area contributed by atoms with E-state index in [1.54, 1.807) is 6.26 Å². The zero-order chi connectivity index (χ0) is 14.4. The third kappa shape index (κ3) is 4.78. The highest BCUT2D eigenvalue weighted by molar-refractivity contribution is 7.84. The van der Waals surface area contributed by atoms with Crippen LogP contribution in [0.3, 0.4) is 0 Å². The summed E-state index contributed by atoms with van der Waals surface area (Å²) in [7, 11) is 1.12. The number of anilines is 2. The SMILES string of the molecule is CCc1nc(NC)c(C)c(NC(C)CCS(C)=O)n1. The van der Waals surface area contributed by atoms with Gasteiger partial charge in [0.25, 0.3) is 0 Å². The highest BCUT2D eigenvalue weighted by Gasteiger charge is 2.11. The number of nitrogens with one attached hydrogen (secondary N) is 2. The molecule has 2 N–H and O–H groups in total. The molecule has 19 heavy (non-hydrogen) atoms. The highest BCUT2D eigenvalue weighted by Crippen LogP contribution is 2.20. The number of nitrogens with zero attached hydrogens (tertiary/aromatic N) is 2. The zero-order valence-corrected chi connectivity index (χ0v) is 13.2. The second-order valence-electron chi connectivity index (χ2n) is 4.68. The quantitative estimate of drug-likeness (QED) is 0.801. The van der Waals surface area contributed by atoms with Crippen molar-refractivity contribution in [1.82, 2.24) is 9.97 Å². The van der Waals surface area contributed by atoms with E-state index < -0.39 is 10.8 Å². The van der Waals surface area contributed by atoms with Crippen LogP contribution in [-0.4, -0.2) is 39.3 Å². The number of rotatable bonds is 7. The average Bonchev–Trinajstić information content (AvgIpc) is 2.38. The lowest BCUT2D eigenvalue weighted by Gasteiger charge is -2.18. The first-order valence-corrected chi connectivity index (χ1v) is 8.32. The first-order valence-electron chi connectivity index (χ1n) is 6.59. The molecule has 0 spiro atoms. The maximum absolute atomic E-state index is 11.1. The summed E-state index contributed by atoms with van der Waals surface area (Å²) in [6.45, 7) is 6.12. The molecule has 0 saturated carbocycles. The van der Waals surface area contributed by atoms with Gasteiger partial charge in [0.1, 0.15) is 17.5 Å². The van der Waals surface area contributed by atoms with Gasteiger partial charge in [-0.05, 0) is 20.3 Å². The molecule has 108 valence electrons. The second-order valence-corrected chi connectivity index (χ2v) is 6.23. The highest BCUT2D eigenvalue weighted by atomic mass is 32.2. The second kappa shape index (κ2) is 7.43. The number of hydrogen-bond acceptors (Lipinski definition) is 5. The van der Waals surface area contributed by atoms with Gasteiger partial charge in [-0.15, -0.1) is 0 Å². The molecule has 0 radical (unpaired) electrons. The van der Waals surface area contributed by atoms with E-state index in [1.165, 1.54) is 0 Å². The normalized spacial score (nSPS) is 13.9. The zero-order valence-electron chi connectivity index (χ0n) is 12.4. The molecule has 1 aromatic heterocycles. The molecule has 0 amide bonds. The summed E-state index contributed by atoms with van der Waals surface area (Å²) in [5.74, 6) is 3.26. The fourth-order valence-electron chi connectivity index (χ4n) is 1.75. The molecule has 0 bridgehead atoms. The lowest BCUT2D eigenvalue weighted by atomic mass is 10.2. The minimum absolute atomic E-state index is 0.243. The van der Waals surface area contributed by atoms with Crippen molar-refractivity contribution in [1.29, 1.82) is 0 Å². The molecule has 0 aromatic carbocycles. The molecule has 6 heteroatoms. The molecule has 0 aliphatic heterocycles. The van der Waals surface area contributed by atoms with Crippen molar-refractivity contribution in [3.05, 3.63) is 11.4 Å². The average molecular weight is 284 g/mol. The first kappa shape index (κ1) is 15.9. The Morgan fingerprint density at radius 2 is 1.95 bits per heavy atom. The third-order valence-corrected chi connectivity index (χ3v) is 3.78. The van der Waals surface area contributed by atoms with Crippen molar-refractivity contribution >= 4 is 22.4 Å². The van der Waals surface area contributed by atoms with Gasteiger partial charge < -0.3 is 10.6 Å². The predicted molar refractivity (Wildman–Crippen MR) is 82.3 cm³/mol. The molecule has 0 fully saturated rings. The molecular weight excluding hydrogens is 260 g/mol. The Morgan fingerprint density at radius 1 is 1.32 bits per heavy atom. The minimum Gasteiger partial charge on any atom is -0.373 e. The lowest BCUT2D eigenvalue weighted by molar-refractivity contribution is 0.678. The first-order chi connectivity index (χ1) is 8.97. The summed E-state index contributed by atoms with van der Waals surface area (Å²) in [4.78, 5) is 8.97. The molecule has 0 aliphatic carbocycles. The van der Waals surface area contributed by atoms with E-state index in [0.29, 0.717) is 5.75 Å². The predicted octanol–water partition coefficient (Wildman–Crippen LogP) is 1.96. The van der Waals surface area contributed by atoms with Gasteiger partial charge in [-0.25, -0.2) is 9.97 Å². The van der Waals surface area contributed by atoms with E-state index >= 15 is 0 Å². The Hall–Kier alpha value is -1.17. The van der Waals surface area contributed by atoms with Gasteiger partial charge >= 0.3 is 0 Å². The summed E-state index contributed by atoms with van der Waals surface area (Å²) in [5.41, 5.74) is 1.02. The van der Waals surface area contributed by atoms with Crippen LogP contribution in [0.5, 0.6) is 0 Å². The van der Waals surface area contributed by atoms with Crippen molar-refractivity contribution in [3.8, 4) is 0 Å². The van der Waals surface area contributed by atoms with Gasteiger partial charge in [-0.3, -0.25) is 4.21 Å². The van der Waals surface area contributed by atoms with Crippen molar-refractivity contribution in [2.45, 2.75) is 39.7 Å². The van der Waals surface area contributed by atoms with E-state index in [0.717, 1.165) is 35.9 Å². The monoisotopic (exact) mass is 284 g/mol. The lowest BCUT2D eigenvalue weighted by Crippen LogP contribution is -2.20. The summed E-state index contributed by atoms with van der Waals surface area (Å²) in [6.07, 6.45) is 3.40. The molecular formula is C13H24N4OS. The largest absolute Gasteiger partial charge is 0.373 e. The van der Waals surface area contributed by atoms with Crippen LogP contribution in [0.25, 0.3) is 0 Å².